The van der Waals surface area contributed by atoms with Crippen LogP contribution in [-0.2, 0) is 0 Å². The Labute approximate surface area is 106 Å². The lowest BCUT2D eigenvalue weighted by Gasteiger charge is -2.06. The molecular formula is C11H7BrClNO2. The molecule has 0 aliphatic heterocycles. The van der Waals surface area contributed by atoms with E-state index in [-0.39, 0.29) is 0 Å². The van der Waals surface area contributed by atoms with Crippen molar-refractivity contribution in [3.8, 4) is 11.5 Å². The second-order valence-corrected chi connectivity index (χ2v) is 4.36. The summed E-state index contributed by atoms with van der Waals surface area (Å²) in [6.45, 7) is 0. The molecule has 2 rings (SSSR count). The van der Waals surface area contributed by atoms with E-state index in [2.05, 4.69) is 15.9 Å². The van der Waals surface area contributed by atoms with E-state index in [1.807, 2.05) is 0 Å². The van der Waals surface area contributed by atoms with Gasteiger partial charge >= 0.3 is 0 Å². The van der Waals surface area contributed by atoms with Crippen molar-refractivity contribution in [2.45, 2.75) is 0 Å². The van der Waals surface area contributed by atoms with Crippen molar-refractivity contribution in [1.82, 2.24) is 0 Å². The lowest BCUT2D eigenvalue weighted by molar-refractivity contribution is -0.606. The van der Waals surface area contributed by atoms with Gasteiger partial charge in [0, 0.05) is 11.1 Å². The predicted molar refractivity (Wildman–Crippen MR) is 64.6 cm³/mol. The van der Waals surface area contributed by atoms with Crippen LogP contribution < -0.4 is 9.47 Å². The highest BCUT2D eigenvalue weighted by Gasteiger charge is 2.05. The van der Waals surface area contributed by atoms with Crippen LogP contribution in [0.1, 0.15) is 0 Å². The van der Waals surface area contributed by atoms with Crippen LogP contribution in [0, 0.1) is 5.21 Å². The monoisotopic (exact) mass is 299 g/mol. The number of pyridine rings is 1. The molecule has 2 aromatic rings. The zero-order chi connectivity index (χ0) is 11.5. The first kappa shape index (κ1) is 11.2. The quantitative estimate of drug-likeness (QED) is 0.628. The summed E-state index contributed by atoms with van der Waals surface area (Å²) in [6, 6.07) is 8.58. The van der Waals surface area contributed by atoms with E-state index in [4.69, 9.17) is 16.3 Å². The first-order chi connectivity index (χ1) is 7.65. The molecule has 0 radical (unpaired) electrons. The number of aromatic nitrogens is 1. The van der Waals surface area contributed by atoms with Crippen LogP contribution in [0.2, 0.25) is 5.02 Å². The lowest BCUT2D eigenvalue weighted by Crippen LogP contribution is -2.23. The first-order valence-corrected chi connectivity index (χ1v) is 5.64. The average molecular weight is 301 g/mol. The maximum absolute atomic E-state index is 11.0. The smallest absolute Gasteiger partial charge is 0.198 e. The third kappa shape index (κ3) is 2.65. The zero-order valence-corrected chi connectivity index (χ0v) is 10.4. The van der Waals surface area contributed by atoms with Gasteiger partial charge in [0.2, 0.25) is 0 Å². The predicted octanol–water partition coefficient (Wildman–Crippen LogP) is 3.53. The van der Waals surface area contributed by atoms with Gasteiger partial charge in [-0.3, -0.25) is 0 Å². The molecule has 3 nitrogen and oxygen atoms in total. The minimum absolute atomic E-state index is 0.578. The average Bonchev–Trinajstić information content (AvgIpc) is 2.25. The van der Waals surface area contributed by atoms with Gasteiger partial charge in [-0.15, -0.1) is 0 Å². The normalized spacial score (nSPS) is 10.1. The van der Waals surface area contributed by atoms with Crippen LogP contribution in [0.4, 0.5) is 0 Å². The molecule has 0 spiro atoms. The highest BCUT2D eigenvalue weighted by molar-refractivity contribution is 9.10. The summed E-state index contributed by atoms with van der Waals surface area (Å²) in [5, 5.41) is 11.6. The number of hydrogen-bond donors (Lipinski definition) is 0. The van der Waals surface area contributed by atoms with Crippen molar-refractivity contribution in [2.24, 2.45) is 0 Å². The number of ether oxygens (including phenoxy) is 1. The largest absolute Gasteiger partial charge is 0.619 e. The molecule has 1 heterocycles. The Morgan fingerprint density at radius 1 is 1.19 bits per heavy atom. The fourth-order valence-electron chi connectivity index (χ4n) is 1.15. The van der Waals surface area contributed by atoms with Gasteiger partial charge in [-0.25, -0.2) is 0 Å². The molecule has 0 saturated carbocycles. The molecular weight excluding hydrogens is 293 g/mol. The molecule has 0 atom stereocenters. The first-order valence-electron chi connectivity index (χ1n) is 4.47. The van der Waals surface area contributed by atoms with Gasteiger partial charge < -0.3 is 9.94 Å². The van der Waals surface area contributed by atoms with Gasteiger partial charge in [-0.1, -0.05) is 11.6 Å². The summed E-state index contributed by atoms with van der Waals surface area (Å²) in [5.74, 6) is 1.24. The molecule has 0 aliphatic carbocycles. The van der Waals surface area contributed by atoms with Gasteiger partial charge in [-0.2, -0.15) is 4.73 Å². The van der Waals surface area contributed by atoms with Crippen molar-refractivity contribution in [2.75, 3.05) is 0 Å². The van der Waals surface area contributed by atoms with E-state index in [0.717, 1.165) is 0 Å². The van der Waals surface area contributed by atoms with Crippen LogP contribution >= 0.6 is 27.5 Å². The number of nitrogens with zero attached hydrogens (tertiary/aromatic N) is 1. The van der Waals surface area contributed by atoms with E-state index in [1.165, 1.54) is 12.4 Å². The molecule has 0 fully saturated rings. The van der Waals surface area contributed by atoms with Crippen molar-refractivity contribution in [3.63, 3.8) is 0 Å². The van der Waals surface area contributed by atoms with E-state index in [9.17, 15) is 5.21 Å². The number of rotatable bonds is 2. The number of halogens is 2. The fourth-order valence-corrected chi connectivity index (χ4v) is 1.69. The third-order valence-electron chi connectivity index (χ3n) is 1.89. The van der Waals surface area contributed by atoms with E-state index in [1.54, 1.807) is 30.3 Å². The Bertz CT molecular complexity index is 502. The van der Waals surface area contributed by atoms with E-state index < -0.39 is 0 Å². The van der Waals surface area contributed by atoms with Gasteiger partial charge in [0.25, 0.3) is 0 Å². The molecule has 1 aromatic carbocycles. The molecule has 16 heavy (non-hydrogen) atoms. The number of benzene rings is 1. The molecule has 0 bridgehead atoms. The lowest BCUT2D eigenvalue weighted by atomic mass is 10.3. The van der Waals surface area contributed by atoms with Gasteiger partial charge in [0.15, 0.2) is 18.1 Å². The molecule has 0 aliphatic rings. The molecule has 0 N–H and O–H groups in total. The molecule has 5 heteroatoms. The van der Waals surface area contributed by atoms with Crippen molar-refractivity contribution < 1.29 is 9.47 Å². The number of hydrogen-bond acceptors (Lipinski definition) is 2. The van der Waals surface area contributed by atoms with E-state index >= 15 is 0 Å². The summed E-state index contributed by atoms with van der Waals surface area (Å²) in [6.07, 6.45) is 2.75. The molecule has 0 amide bonds. The fraction of sp³-hybridized carbons (Fsp3) is 0. The topological polar surface area (TPSA) is 36.2 Å². The van der Waals surface area contributed by atoms with Crippen LogP contribution in [0.3, 0.4) is 0 Å². The van der Waals surface area contributed by atoms with Crippen molar-refractivity contribution in [1.29, 1.82) is 0 Å². The minimum Gasteiger partial charge on any atom is -0.619 e. The Kier molecular flexibility index (Phi) is 3.31. The molecule has 0 saturated heterocycles. The zero-order valence-electron chi connectivity index (χ0n) is 8.06. The van der Waals surface area contributed by atoms with Crippen molar-refractivity contribution in [3.05, 3.63) is 57.4 Å². The summed E-state index contributed by atoms with van der Waals surface area (Å²) in [5.41, 5.74) is 0. The molecule has 82 valence electrons. The van der Waals surface area contributed by atoms with Gasteiger partial charge in [0.05, 0.1) is 0 Å². The summed E-state index contributed by atoms with van der Waals surface area (Å²) in [4.78, 5) is 0. The second kappa shape index (κ2) is 4.72. The molecule has 0 unspecified atom stereocenters. The Balaban J connectivity index is 2.23. The SMILES string of the molecule is [O-][n+]1ccc(Oc2ccc(Cl)cc2)c(Br)c1. The Morgan fingerprint density at radius 3 is 2.50 bits per heavy atom. The standard InChI is InChI=1S/C11H7BrClNO2/c12-10-7-14(15)6-5-11(10)16-9-3-1-8(13)2-4-9/h1-7H. The van der Waals surface area contributed by atoms with Crippen LogP contribution in [0.5, 0.6) is 11.5 Å². The van der Waals surface area contributed by atoms with Gasteiger partial charge in [-0.05, 0) is 40.2 Å². The van der Waals surface area contributed by atoms with Crippen molar-refractivity contribution >= 4 is 27.5 Å². The minimum atomic E-state index is 0.578. The Morgan fingerprint density at radius 2 is 1.88 bits per heavy atom. The maximum atomic E-state index is 11.0. The summed E-state index contributed by atoms with van der Waals surface area (Å²) >= 11 is 9.00. The summed E-state index contributed by atoms with van der Waals surface area (Å²) < 4.78 is 6.85. The Hall–Kier alpha value is -1.26. The molecule has 1 aromatic heterocycles. The van der Waals surface area contributed by atoms with Crippen LogP contribution in [0.25, 0.3) is 0 Å². The second-order valence-electron chi connectivity index (χ2n) is 3.07. The maximum Gasteiger partial charge on any atom is 0.198 e. The third-order valence-corrected chi connectivity index (χ3v) is 2.74. The summed E-state index contributed by atoms with van der Waals surface area (Å²) in [7, 11) is 0. The van der Waals surface area contributed by atoms with Gasteiger partial charge in [0.1, 0.15) is 10.2 Å². The van der Waals surface area contributed by atoms with Crippen LogP contribution in [-0.4, -0.2) is 0 Å². The van der Waals surface area contributed by atoms with Crippen LogP contribution in [0.15, 0.2) is 47.2 Å². The highest BCUT2D eigenvalue weighted by Crippen LogP contribution is 2.28. The van der Waals surface area contributed by atoms with E-state index in [0.29, 0.717) is 25.7 Å². The highest BCUT2D eigenvalue weighted by atomic mass is 79.9.